The van der Waals surface area contributed by atoms with Gasteiger partial charge in [-0.25, -0.2) is 4.98 Å². The highest BCUT2D eigenvalue weighted by molar-refractivity contribution is 6.76. The lowest BCUT2D eigenvalue weighted by Gasteiger charge is -2.41. The van der Waals surface area contributed by atoms with Crippen molar-refractivity contribution in [1.29, 1.82) is 5.26 Å². The zero-order chi connectivity index (χ0) is 30.9. The number of piperidine rings is 1. The number of nitrogens with zero attached hydrogens (tertiary/aromatic N) is 5. The molecular weight excluding hydrogens is 588 g/mol. The number of carbonyl (C=O) groups is 1. The molecule has 2 aromatic heterocycles. The molecule has 44 heavy (non-hydrogen) atoms. The number of nitrogens with one attached hydrogen (secondary N) is 1. The Kier molecular flexibility index (Phi) is 10.8. The molecule has 1 amide bonds. The van der Waals surface area contributed by atoms with Crippen LogP contribution in [0.1, 0.15) is 106 Å². The van der Waals surface area contributed by atoms with Gasteiger partial charge >= 0.3 is 0 Å². The van der Waals surface area contributed by atoms with E-state index in [1.807, 2.05) is 6.07 Å². The van der Waals surface area contributed by atoms with E-state index in [1.54, 1.807) is 10.8 Å². The van der Waals surface area contributed by atoms with Gasteiger partial charge in [0.2, 0.25) is 5.82 Å². The topological polar surface area (TPSA) is 96.1 Å². The number of pyridine rings is 1. The normalized spacial score (nSPS) is 23.2. The molecule has 10 heteroatoms. The largest absolute Gasteiger partial charge is 0.361 e. The van der Waals surface area contributed by atoms with Crippen molar-refractivity contribution in [2.45, 2.75) is 129 Å². The summed E-state index contributed by atoms with van der Waals surface area (Å²) in [5.41, 5.74) is 4.39. The average molecular weight is 639 g/mol. The Morgan fingerprint density at radius 3 is 2.48 bits per heavy atom. The summed E-state index contributed by atoms with van der Waals surface area (Å²) >= 11 is 0. The van der Waals surface area contributed by atoms with Crippen LogP contribution in [-0.4, -0.2) is 58.1 Å². The van der Waals surface area contributed by atoms with Crippen LogP contribution in [0.25, 0.3) is 5.57 Å². The van der Waals surface area contributed by atoms with Crippen molar-refractivity contribution in [3.63, 3.8) is 0 Å². The minimum atomic E-state index is -1.24. The summed E-state index contributed by atoms with van der Waals surface area (Å²) < 4.78 is 7.54. The molecule has 1 N–H and O–H groups in total. The number of fused-ring (bicyclic) bond motifs is 2. The van der Waals surface area contributed by atoms with Crippen molar-refractivity contribution in [3.05, 3.63) is 47.3 Å². The minimum Gasteiger partial charge on any atom is -0.361 e. The lowest BCUT2D eigenvalue weighted by atomic mass is 9.77. The number of amides is 1. The number of allylic oxidation sites excluding steroid dienone is 2. The van der Waals surface area contributed by atoms with E-state index in [0.717, 1.165) is 49.5 Å². The quantitative estimate of drug-likeness (QED) is 0.210. The Morgan fingerprint density at radius 1 is 1.18 bits per heavy atom. The Bertz CT molecular complexity index is 1390. The average Bonchev–Trinajstić information content (AvgIpc) is 3.48. The highest BCUT2D eigenvalue weighted by Gasteiger charge is 2.42. The molecule has 1 aliphatic carbocycles. The minimum absolute atomic E-state index is 0. The summed E-state index contributed by atoms with van der Waals surface area (Å²) in [7, 11) is -1.24. The number of carbonyl (C=O) groups excluding carboxylic acids is 1. The first-order chi connectivity index (χ1) is 20.3. The van der Waals surface area contributed by atoms with Crippen molar-refractivity contribution in [3.8, 4) is 6.07 Å². The number of ether oxygens (including phenoxy) is 1. The highest BCUT2D eigenvalue weighted by Crippen LogP contribution is 2.45. The molecule has 2 bridgehead atoms. The first kappa shape index (κ1) is 34.4. The molecule has 2 saturated heterocycles. The number of rotatable bonds is 10. The van der Waals surface area contributed by atoms with Gasteiger partial charge < -0.3 is 14.6 Å². The van der Waals surface area contributed by atoms with E-state index in [0.29, 0.717) is 36.3 Å². The summed E-state index contributed by atoms with van der Waals surface area (Å²) in [4.78, 5) is 26.0. The van der Waals surface area contributed by atoms with Crippen molar-refractivity contribution in [2.24, 2.45) is 5.41 Å². The Balaban J connectivity index is 0.00000442. The number of imidazole rings is 1. The molecule has 2 unspecified atom stereocenters. The first-order valence-corrected chi connectivity index (χ1v) is 19.9. The van der Waals surface area contributed by atoms with Gasteiger partial charge in [0, 0.05) is 50.6 Å². The number of hydrogen-bond donors (Lipinski definition) is 1. The SMILES string of the molecule is CC(C)N1C2CCC1CC(c1ccc(NC(=O)c3nc(C#N)cn3COCC[Si](C)(C)C)c(C3=CCC(C)(C)CC3)n1)C2.Cl. The van der Waals surface area contributed by atoms with Crippen molar-refractivity contribution >= 4 is 37.6 Å². The van der Waals surface area contributed by atoms with Crippen molar-refractivity contribution in [1.82, 2.24) is 19.4 Å². The van der Waals surface area contributed by atoms with Gasteiger partial charge in [-0.15, -0.1) is 12.4 Å². The molecule has 2 aliphatic heterocycles. The monoisotopic (exact) mass is 638 g/mol. The third kappa shape index (κ3) is 8.00. The van der Waals surface area contributed by atoms with Crippen LogP contribution in [0.4, 0.5) is 5.69 Å². The van der Waals surface area contributed by atoms with Gasteiger partial charge in [0.25, 0.3) is 5.91 Å². The fourth-order valence-electron chi connectivity index (χ4n) is 7.11. The molecular formula is C34H51ClN6O2Si. The predicted molar refractivity (Wildman–Crippen MR) is 182 cm³/mol. The Morgan fingerprint density at radius 2 is 1.89 bits per heavy atom. The van der Waals surface area contributed by atoms with Crippen molar-refractivity contribution < 1.29 is 9.53 Å². The second-order valence-corrected chi connectivity index (χ2v) is 20.8. The second kappa shape index (κ2) is 13.9. The molecule has 8 nitrogen and oxygen atoms in total. The van der Waals surface area contributed by atoms with Crippen LogP contribution in [0, 0.1) is 16.7 Å². The third-order valence-electron chi connectivity index (χ3n) is 9.57. The zero-order valence-electron chi connectivity index (χ0n) is 27.7. The van der Waals surface area contributed by atoms with E-state index in [1.165, 1.54) is 18.4 Å². The van der Waals surface area contributed by atoms with Crippen LogP contribution < -0.4 is 5.32 Å². The van der Waals surface area contributed by atoms with E-state index >= 15 is 0 Å². The number of halogens is 1. The second-order valence-electron chi connectivity index (χ2n) is 15.2. The number of anilines is 1. The fraction of sp³-hybridized carbons (Fsp3) is 0.647. The summed E-state index contributed by atoms with van der Waals surface area (Å²) in [6.45, 7) is 17.0. The summed E-state index contributed by atoms with van der Waals surface area (Å²) in [6, 6.07) is 9.09. The molecule has 4 heterocycles. The smallest absolute Gasteiger partial charge is 0.291 e. The molecule has 0 saturated carbocycles. The molecule has 2 atom stereocenters. The molecule has 2 fully saturated rings. The van der Waals surface area contributed by atoms with E-state index < -0.39 is 8.07 Å². The van der Waals surface area contributed by atoms with E-state index in [2.05, 4.69) is 80.7 Å². The molecule has 0 spiro atoms. The number of aromatic nitrogens is 3. The van der Waals surface area contributed by atoms with E-state index in [-0.39, 0.29) is 42.0 Å². The Hall–Kier alpha value is -2.51. The number of hydrogen-bond acceptors (Lipinski definition) is 6. The molecule has 3 aliphatic rings. The van der Waals surface area contributed by atoms with Gasteiger partial charge in [-0.2, -0.15) is 5.26 Å². The van der Waals surface area contributed by atoms with Crippen LogP contribution >= 0.6 is 12.4 Å². The summed E-state index contributed by atoms with van der Waals surface area (Å²) in [5.74, 6) is 0.254. The van der Waals surface area contributed by atoms with Crippen LogP contribution in [0.5, 0.6) is 0 Å². The lowest BCUT2D eigenvalue weighted by molar-refractivity contribution is 0.0808. The summed E-state index contributed by atoms with van der Waals surface area (Å²) in [5, 5.41) is 12.6. The van der Waals surface area contributed by atoms with Crippen LogP contribution in [0.15, 0.2) is 24.4 Å². The van der Waals surface area contributed by atoms with Gasteiger partial charge in [0.05, 0.1) is 11.4 Å². The van der Waals surface area contributed by atoms with E-state index in [9.17, 15) is 10.1 Å². The van der Waals surface area contributed by atoms with Gasteiger partial charge in [-0.3, -0.25) is 14.7 Å². The van der Waals surface area contributed by atoms with Gasteiger partial charge in [-0.05, 0) is 88.0 Å². The fourth-order valence-corrected chi connectivity index (χ4v) is 7.86. The van der Waals surface area contributed by atoms with E-state index in [4.69, 9.17) is 9.72 Å². The van der Waals surface area contributed by atoms with Crippen molar-refractivity contribution in [2.75, 3.05) is 11.9 Å². The zero-order valence-corrected chi connectivity index (χ0v) is 29.5. The highest BCUT2D eigenvalue weighted by atomic mass is 35.5. The molecule has 2 aromatic rings. The number of nitriles is 1. The molecule has 0 radical (unpaired) electrons. The predicted octanol–water partition coefficient (Wildman–Crippen LogP) is 7.85. The van der Waals surface area contributed by atoms with Crippen LogP contribution in [0.3, 0.4) is 0 Å². The maximum Gasteiger partial charge on any atom is 0.291 e. The lowest BCUT2D eigenvalue weighted by Crippen LogP contribution is -2.46. The molecule has 240 valence electrons. The molecule has 0 aromatic carbocycles. The maximum absolute atomic E-state index is 13.7. The van der Waals surface area contributed by atoms with Crippen LogP contribution in [-0.2, 0) is 11.5 Å². The first-order valence-electron chi connectivity index (χ1n) is 16.2. The maximum atomic E-state index is 13.7. The Labute approximate surface area is 271 Å². The van der Waals surface area contributed by atoms with Gasteiger partial charge in [0.15, 0.2) is 5.69 Å². The van der Waals surface area contributed by atoms with Gasteiger partial charge in [-0.1, -0.05) is 39.6 Å². The standard InChI is InChI=1S/C34H50N6O2Si.ClH/c1-23(2)40-27-8-9-28(40)19-25(18-27)29-10-11-30(31(37-29)24-12-14-34(3,4)15-13-24)38-33(41)32-36-26(20-35)21-39(32)22-42-16-17-43(5,6)7;/h10-12,21,23,25,27-28H,8-9,13-19,22H2,1-7H3,(H,38,41);1H. The summed E-state index contributed by atoms with van der Waals surface area (Å²) in [6.07, 6.45) is 11.8. The third-order valence-corrected chi connectivity index (χ3v) is 11.3. The van der Waals surface area contributed by atoms with Gasteiger partial charge in [0.1, 0.15) is 12.8 Å². The van der Waals surface area contributed by atoms with Crippen LogP contribution in [0.2, 0.25) is 25.7 Å². The molecule has 5 rings (SSSR count).